The van der Waals surface area contributed by atoms with Crippen LogP contribution in [0.15, 0.2) is 77.7 Å². The lowest BCUT2D eigenvalue weighted by molar-refractivity contribution is 0.0953. The molecule has 0 aliphatic carbocycles. The van der Waals surface area contributed by atoms with Crippen LogP contribution in [0.1, 0.15) is 33.5 Å². The molecule has 1 amide bonds. The number of sulfonamides is 1. The first-order chi connectivity index (χ1) is 14.8. The number of carbonyl (C=O) groups excluding carboxylic acids is 1. The van der Waals surface area contributed by atoms with Gasteiger partial charge in [-0.3, -0.25) is 9.10 Å². The Hall–Kier alpha value is -3.12. The van der Waals surface area contributed by atoms with E-state index >= 15 is 0 Å². The quantitative estimate of drug-likeness (QED) is 0.529. The van der Waals surface area contributed by atoms with Crippen LogP contribution in [0.25, 0.3) is 0 Å². The van der Waals surface area contributed by atoms with Gasteiger partial charge >= 0.3 is 0 Å². The molecule has 0 radical (unpaired) electrons. The molecule has 0 unspecified atom stereocenters. The van der Waals surface area contributed by atoms with Gasteiger partial charge in [-0.15, -0.1) is 0 Å². The third-order valence-corrected chi connectivity index (χ3v) is 6.98. The topological polar surface area (TPSA) is 66.5 Å². The Balaban J connectivity index is 1.57. The molecule has 3 rings (SSSR count). The maximum absolute atomic E-state index is 12.8. The summed E-state index contributed by atoms with van der Waals surface area (Å²) < 4.78 is 26.9. The summed E-state index contributed by atoms with van der Waals surface area (Å²) in [5.74, 6) is -0.167. The van der Waals surface area contributed by atoms with E-state index in [1.807, 2.05) is 13.0 Å². The first-order valence-corrected chi connectivity index (χ1v) is 11.7. The zero-order chi connectivity index (χ0) is 22.4. The molecule has 0 saturated heterocycles. The SMILES string of the molecule is Cc1ccc(S(=O)(=O)N(C)c2ccc(C(=O)NCCCc3cccc(C)c3)cc2)cc1. The molecular weight excluding hydrogens is 408 g/mol. The Morgan fingerprint density at radius 1 is 0.903 bits per heavy atom. The third-order valence-electron chi connectivity index (χ3n) is 5.18. The smallest absolute Gasteiger partial charge is 0.264 e. The third kappa shape index (κ3) is 5.73. The zero-order valence-corrected chi connectivity index (χ0v) is 18.9. The number of anilines is 1. The second-order valence-corrected chi connectivity index (χ2v) is 9.65. The molecule has 3 aromatic rings. The molecule has 6 heteroatoms. The minimum Gasteiger partial charge on any atom is -0.352 e. The van der Waals surface area contributed by atoms with Crippen molar-refractivity contribution in [1.82, 2.24) is 5.32 Å². The Morgan fingerprint density at radius 2 is 1.58 bits per heavy atom. The van der Waals surface area contributed by atoms with Crippen LogP contribution >= 0.6 is 0 Å². The molecule has 0 atom stereocenters. The van der Waals surface area contributed by atoms with Crippen LogP contribution in [-0.2, 0) is 16.4 Å². The second-order valence-electron chi connectivity index (χ2n) is 7.68. The van der Waals surface area contributed by atoms with E-state index < -0.39 is 10.0 Å². The molecule has 0 aliphatic rings. The van der Waals surface area contributed by atoms with Gasteiger partial charge in [0.15, 0.2) is 0 Å². The fraction of sp³-hybridized carbons (Fsp3) is 0.240. The summed E-state index contributed by atoms with van der Waals surface area (Å²) in [6, 6.07) is 21.7. The lowest BCUT2D eigenvalue weighted by Gasteiger charge is -2.20. The van der Waals surface area contributed by atoms with Crippen molar-refractivity contribution < 1.29 is 13.2 Å². The van der Waals surface area contributed by atoms with Crippen molar-refractivity contribution in [3.8, 4) is 0 Å². The van der Waals surface area contributed by atoms with Gasteiger partial charge in [0.05, 0.1) is 10.6 Å². The zero-order valence-electron chi connectivity index (χ0n) is 18.1. The van der Waals surface area contributed by atoms with E-state index in [9.17, 15) is 13.2 Å². The van der Waals surface area contributed by atoms with Gasteiger partial charge in [0.1, 0.15) is 0 Å². The lowest BCUT2D eigenvalue weighted by atomic mass is 10.1. The maximum atomic E-state index is 12.8. The van der Waals surface area contributed by atoms with Crippen LogP contribution in [0.3, 0.4) is 0 Å². The lowest BCUT2D eigenvalue weighted by Crippen LogP contribution is -2.27. The van der Waals surface area contributed by atoms with Crippen molar-refractivity contribution in [3.05, 3.63) is 95.1 Å². The van der Waals surface area contributed by atoms with Crippen LogP contribution in [0.2, 0.25) is 0 Å². The van der Waals surface area contributed by atoms with Crippen LogP contribution in [0.5, 0.6) is 0 Å². The molecule has 0 fully saturated rings. The van der Waals surface area contributed by atoms with Crippen LogP contribution in [0, 0.1) is 13.8 Å². The van der Waals surface area contributed by atoms with E-state index in [4.69, 9.17) is 0 Å². The van der Waals surface area contributed by atoms with Crippen LogP contribution in [-0.4, -0.2) is 27.9 Å². The van der Waals surface area contributed by atoms with Crippen molar-refractivity contribution in [3.63, 3.8) is 0 Å². The predicted octanol–water partition coefficient (Wildman–Crippen LogP) is 4.49. The van der Waals surface area contributed by atoms with E-state index in [-0.39, 0.29) is 10.8 Å². The molecule has 31 heavy (non-hydrogen) atoms. The number of benzene rings is 3. The molecule has 0 bridgehead atoms. The maximum Gasteiger partial charge on any atom is 0.264 e. The molecule has 3 aromatic carbocycles. The van der Waals surface area contributed by atoms with Gasteiger partial charge in [0, 0.05) is 19.2 Å². The number of nitrogens with zero attached hydrogens (tertiary/aromatic N) is 1. The second kappa shape index (κ2) is 9.79. The average molecular weight is 437 g/mol. The first-order valence-electron chi connectivity index (χ1n) is 10.3. The highest BCUT2D eigenvalue weighted by Gasteiger charge is 2.21. The highest BCUT2D eigenvalue weighted by Crippen LogP contribution is 2.22. The highest BCUT2D eigenvalue weighted by atomic mass is 32.2. The van der Waals surface area contributed by atoms with Crippen molar-refractivity contribution >= 4 is 21.6 Å². The van der Waals surface area contributed by atoms with Gasteiger partial charge in [-0.05, 0) is 68.7 Å². The predicted molar refractivity (Wildman–Crippen MR) is 125 cm³/mol. The summed E-state index contributed by atoms with van der Waals surface area (Å²) in [6.45, 7) is 4.56. The van der Waals surface area contributed by atoms with Gasteiger partial charge in [-0.25, -0.2) is 8.42 Å². The van der Waals surface area contributed by atoms with Crippen LogP contribution < -0.4 is 9.62 Å². The summed E-state index contributed by atoms with van der Waals surface area (Å²) in [6.07, 6.45) is 1.76. The van der Waals surface area contributed by atoms with Gasteiger partial charge in [0.25, 0.3) is 15.9 Å². The number of hydrogen-bond acceptors (Lipinski definition) is 3. The first kappa shape index (κ1) is 22.6. The van der Waals surface area contributed by atoms with Gasteiger partial charge in [-0.1, -0.05) is 47.5 Å². The molecular formula is C25H28N2O3S. The minimum absolute atomic E-state index is 0.167. The standard InChI is InChI=1S/C25H28N2O3S/c1-19-9-15-24(16-10-19)31(29,30)27(3)23-13-11-22(12-14-23)25(28)26-17-5-8-21-7-4-6-20(2)18-21/h4,6-7,9-16,18H,5,8,17H2,1-3H3,(H,26,28). The molecule has 0 aliphatic heterocycles. The van der Waals surface area contributed by atoms with E-state index in [2.05, 4.69) is 30.4 Å². The van der Waals surface area contributed by atoms with Crippen molar-refractivity contribution in [2.75, 3.05) is 17.9 Å². The Labute approximate surface area is 184 Å². The molecule has 0 heterocycles. The van der Waals surface area contributed by atoms with Crippen LogP contribution in [0.4, 0.5) is 5.69 Å². The van der Waals surface area contributed by atoms with E-state index in [1.165, 1.54) is 22.5 Å². The largest absolute Gasteiger partial charge is 0.352 e. The summed E-state index contributed by atoms with van der Waals surface area (Å²) >= 11 is 0. The molecule has 0 aromatic heterocycles. The summed E-state index contributed by atoms with van der Waals surface area (Å²) in [4.78, 5) is 12.6. The number of hydrogen-bond donors (Lipinski definition) is 1. The van der Waals surface area contributed by atoms with Crippen molar-refractivity contribution in [2.24, 2.45) is 0 Å². The molecule has 0 spiro atoms. The Bertz CT molecular complexity index is 1140. The number of rotatable bonds is 8. The molecule has 1 N–H and O–H groups in total. The fourth-order valence-electron chi connectivity index (χ4n) is 3.29. The van der Waals surface area contributed by atoms with E-state index in [1.54, 1.807) is 48.5 Å². The molecule has 0 saturated carbocycles. The normalized spacial score (nSPS) is 11.2. The van der Waals surface area contributed by atoms with Crippen molar-refractivity contribution in [1.29, 1.82) is 0 Å². The summed E-state index contributed by atoms with van der Waals surface area (Å²) in [7, 11) is -2.15. The van der Waals surface area contributed by atoms with E-state index in [0.717, 1.165) is 18.4 Å². The minimum atomic E-state index is -3.66. The van der Waals surface area contributed by atoms with Gasteiger partial charge in [-0.2, -0.15) is 0 Å². The highest BCUT2D eigenvalue weighted by molar-refractivity contribution is 7.92. The Morgan fingerprint density at radius 3 is 2.23 bits per heavy atom. The summed E-state index contributed by atoms with van der Waals surface area (Å²) in [5.41, 5.74) is 4.49. The molecule has 5 nitrogen and oxygen atoms in total. The number of nitrogens with one attached hydrogen (secondary N) is 1. The average Bonchev–Trinajstić information content (AvgIpc) is 2.76. The number of carbonyl (C=O) groups is 1. The van der Waals surface area contributed by atoms with Gasteiger partial charge < -0.3 is 5.32 Å². The van der Waals surface area contributed by atoms with E-state index in [0.29, 0.717) is 17.8 Å². The number of aryl methyl sites for hydroxylation is 3. The molecule has 162 valence electrons. The summed E-state index contributed by atoms with van der Waals surface area (Å²) in [5, 5.41) is 2.92. The van der Waals surface area contributed by atoms with Gasteiger partial charge in [0.2, 0.25) is 0 Å². The monoisotopic (exact) mass is 436 g/mol. The fourth-order valence-corrected chi connectivity index (χ4v) is 4.49. The number of amides is 1. The Kier molecular flexibility index (Phi) is 7.13. The van der Waals surface area contributed by atoms with Crippen molar-refractivity contribution in [2.45, 2.75) is 31.6 Å².